The molecule has 3 aromatic rings. The second kappa shape index (κ2) is 11.5. The minimum absolute atomic E-state index is 0.0702. The molecule has 1 aliphatic heterocycles. The van der Waals surface area contributed by atoms with Gasteiger partial charge in [-0.25, -0.2) is 0 Å². The average molecular weight is 474 g/mol. The van der Waals surface area contributed by atoms with Crippen LogP contribution in [0.2, 0.25) is 0 Å². The van der Waals surface area contributed by atoms with E-state index in [2.05, 4.69) is 10.2 Å². The van der Waals surface area contributed by atoms with E-state index in [1.54, 1.807) is 24.3 Å². The third-order valence-electron chi connectivity index (χ3n) is 6.00. The van der Waals surface area contributed by atoms with Crippen LogP contribution in [0.5, 0.6) is 17.2 Å². The third-order valence-corrected chi connectivity index (χ3v) is 6.00. The molecule has 7 heteroatoms. The number of ether oxygens (including phenoxy) is 2. The van der Waals surface area contributed by atoms with Gasteiger partial charge in [0.15, 0.2) is 6.61 Å². The number of carbonyl (C=O) groups excluding carboxylic acids is 2. The van der Waals surface area contributed by atoms with Crippen LogP contribution in [0.25, 0.3) is 0 Å². The molecular formula is C28H31N3O4. The number of piperidine rings is 1. The van der Waals surface area contributed by atoms with Crippen LogP contribution < -0.4 is 20.5 Å². The van der Waals surface area contributed by atoms with Crippen LogP contribution in [0.4, 0.5) is 5.69 Å². The lowest BCUT2D eigenvalue weighted by Crippen LogP contribution is -2.40. The Balaban J connectivity index is 1.21. The van der Waals surface area contributed by atoms with Crippen LogP contribution in [0.1, 0.15) is 24.0 Å². The number of carbonyl (C=O) groups is 2. The molecular weight excluding hydrogens is 442 g/mol. The van der Waals surface area contributed by atoms with Crippen molar-refractivity contribution in [2.45, 2.75) is 26.3 Å². The third kappa shape index (κ3) is 7.32. The molecule has 0 spiro atoms. The van der Waals surface area contributed by atoms with Gasteiger partial charge >= 0.3 is 0 Å². The number of nitrogens with zero attached hydrogens (tertiary/aromatic N) is 1. The number of aryl methyl sites for hydroxylation is 1. The first-order chi connectivity index (χ1) is 16.9. The Kier molecular flexibility index (Phi) is 8.00. The number of rotatable bonds is 9. The summed E-state index contributed by atoms with van der Waals surface area (Å²) >= 11 is 0. The van der Waals surface area contributed by atoms with Gasteiger partial charge in [-0.15, -0.1) is 0 Å². The molecule has 4 rings (SSSR count). The molecule has 0 radical (unpaired) electrons. The summed E-state index contributed by atoms with van der Waals surface area (Å²) in [6.07, 6.45) is 1.84. The Morgan fingerprint density at radius 3 is 2.23 bits per heavy atom. The van der Waals surface area contributed by atoms with Crippen LogP contribution in [-0.2, 0) is 16.1 Å². The SMILES string of the molecule is Cc1ccc(Oc2ccc(OCC(=O)Nc3ccc(CN4CCCC(C(N)=O)C4)cc3)cc2)cc1. The molecule has 1 fully saturated rings. The lowest BCUT2D eigenvalue weighted by Gasteiger charge is -2.31. The molecule has 7 nitrogen and oxygen atoms in total. The number of hydrogen-bond acceptors (Lipinski definition) is 5. The summed E-state index contributed by atoms with van der Waals surface area (Å²) in [4.78, 5) is 26.0. The predicted octanol–water partition coefficient (Wildman–Crippen LogP) is 4.50. The second-order valence-electron chi connectivity index (χ2n) is 8.90. The van der Waals surface area contributed by atoms with E-state index in [0.717, 1.165) is 37.2 Å². The van der Waals surface area contributed by atoms with Crippen molar-refractivity contribution in [2.75, 3.05) is 25.0 Å². The highest BCUT2D eigenvalue weighted by Crippen LogP contribution is 2.24. The van der Waals surface area contributed by atoms with E-state index in [-0.39, 0.29) is 24.3 Å². The smallest absolute Gasteiger partial charge is 0.262 e. The first kappa shape index (κ1) is 24.3. The number of nitrogens with two attached hydrogens (primary N) is 1. The number of nitrogens with one attached hydrogen (secondary N) is 1. The zero-order valence-corrected chi connectivity index (χ0v) is 19.9. The standard InChI is InChI=1S/C28H31N3O4/c1-20-4-10-25(11-5-20)35-26-14-12-24(13-15-26)34-19-27(32)30-23-8-6-21(7-9-23)17-31-16-2-3-22(18-31)28(29)33/h4-15,22H,2-3,16-19H2,1H3,(H2,29,33)(H,30,32). The molecule has 0 aromatic heterocycles. The van der Waals surface area contributed by atoms with Gasteiger partial charge in [-0.05, 0) is 80.4 Å². The molecule has 35 heavy (non-hydrogen) atoms. The Labute approximate surface area is 205 Å². The minimum atomic E-state index is -0.238. The molecule has 1 aliphatic rings. The normalized spacial score (nSPS) is 15.9. The zero-order valence-electron chi connectivity index (χ0n) is 19.9. The fraction of sp³-hybridized carbons (Fsp3) is 0.286. The molecule has 2 amide bonds. The summed E-state index contributed by atoms with van der Waals surface area (Å²) in [5.74, 6) is 1.52. The van der Waals surface area contributed by atoms with E-state index in [1.165, 1.54) is 5.56 Å². The molecule has 1 saturated heterocycles. The fourth-order valence-corrected chi connectivity index (χ4v) is 4.08. The van der Waals surface area contributed by atoms with Crippen LogP contribution in [0.15, 0.2) is 72.8 Å². The summed E-state index contributed by atoms with van der Waals surface area (Å²) in [6, 6.07) is 22.7. The zero-order chi connectivity index (χ0) is 24.6. The van der Waals surface area contributed by atoms with E-state index in [0.29, 0.717) is 23.7 Å². The lowest BCUT2D eigenvalue weighted by atomic mass is 9.97. The molecule has 1 unspecified atom stereocenters. The van der Waals surface area contributed by atoms with Crippen molar-refractivity contribution in [3.63, 3.8) is 0 Å². The van der Waals surface area contributed by atoms with Crippen molar-refractivity contribution < 1.29 is 19.1 Å². The van der Waals surface area contributed by atoms with E-state index >= 15 is 0 Å². The fourth-order valence-electron chi connectivity index (χ4n) is 4.08. The minimum Gasteiger partial charge on any atom is -0.484 e. The molecule has 182 valence electrons. The maximum absolute atomic E-state index is 12.3. The average Bonchev–Trinajstić information content (AvgIpc) is 2.86. The molecule has 1 atom stereocenters. The summed E-state index contributed by atoms with van der Waals surface area (Å²) in [5, 5.41) is 2.85. The van der Waals surface area contributed by atoms with Crippen molar-refractivity contribution >= 4 is 17.5 Å². The van der Waals surface area contributed by atoms with E-state index in [4.69, 9.17) is 15.2 Å². The largest absolute Gasteiger partial charge is 0.484 e. The molecule has 3 N–H and O–H groups in total. The van der Waals surface area contributed by atoms with E-state index in [9.17, 15) is 9.59 Å². The second-order valence-corrected chi connectivity index (χ2v) is 8.90. The topological polar surface area (TPSA) is 93.9 Å². The van der Waals surface area contributed by atoms with E-state index in [1.807, 2.05) is 55.5 Å². The molecule has 0 aliphatic carbocycles. The quantitative estimate of drug-likeness (QED) is 0.477. The summed E-state index contributed by atoms with van der Waals surface area (Å²) in [6.45, 7) is 4.34. The van der Waals surface area contributed by atoms with Gasteiger partial charge in [0, 0.05) is 18.8 Å². The van der Waals surface area contributed by atoms with Crippen molar-refractivity contribution in [1.29, 1.82) is 0 Å². The number of likely N-dealkylation sites (tertiary alicyclic amines) is 1. The summed E-state index contributed by atoms with van der Waals surface area (Å²) in [5.41, 5.74) is 8.47. The number of amides is 2. The maximum atomic E-state index is 12.3. The van der Waals surface area contributed by atoms with Gasteiger partial charge < -0.3 is 20.5 Å². The first-order valence-corrected chi connectivity index (χ1v) is 11.8. The number of anilines is 1. The van der Waals surface area contributed by atoms with Gasteiger partial charge in [0.25, 0.3) is 5.91 Å². The predicted molar refractivity (Wildman–Crippen MR) is 135 cm³/mol. The van der Waals surface area contributed by atoms with Crippen molar-refractivity contribution in [3.05, 3.63) is 83.9 Å². The molecule has 1 heterocycles. The van der Waals surface area contributed by atoms with Gasteiger partial charge in [-0.2, -0.15) is 0 Å². The van der Waals surface area contributed by atoms with Crippen LogP contribution in [-0.4, -0.2) is 36.4 Å². The van der Waals surface area contributed by atoms with Crippen LogP contribution >= 0.6 is 0 Å². The number of primary amides is 1. The van der Waals surface area contributed by atoms with Crippen molar-refractivity contribution in [1.82, 2.24) is 4.90 Å². The number of hydrogen-bond donors (Lipinski definition) is 2. The van der Waals surface area contributed by atoms with Crippen LogP contribution in [0, 0.1) is 12.8 Å². The highest BCUT2D eigenvalue weighted by atomic mass is 16.5. The number of benzene rings is 3. The van der Waals surface area contributed by atoms with Gasteiger partial charge in [0.2, 0.25) is 5.91 Å². The Hall–Kier alpha value is -3.84. The first-order valence-electron chi connectivity index (χ1n) is 11.8. The highest BCUT2D eigenvalue weighted by Gasteiger charge is 2.23. The summed E-state index contributed by atoms with van der Waals surface area (Å²) < 4.78 is 11.4. The van der Waals surface area contributed by atoms with Gasteiger partial charge in [-0.1, -0.05) is 29.8 Å². The Morgan fingerprint density at radius 2 is 1.57 bits per heavy atom. The molecule has 3 aromatic carbocycles. The molecule has 0 saturated carbocycles. The van der Waals surface area contributed by atoms with Crippen molar-refractivity contribution in [3.8, 4) is 17.2 Å². The maximum Gasteiger partial charge on any atom is 0.262 e. The van der Waals surface area contributed by atoms with Gasteiger partial charge in [-0.3, -0.25) is 14.5 Å². The Morgan fingerprint density at radius 1 is 0.943 bits per heavy atom. The van der Waals surface area contributed by atoms with Gasteiger partial charge in [0.05, 0.1) is 5.92 Å². The van der Waals surface area contributed by atoms with Crippen molar-refractivity contribution in [2.24, 2.45) is 11.7 Å². The van der Waals surface area contributed by atoms with E-state index < -0.39 is 0 Å². The summed E-state index contributed by atoms with van der Waals surface area (Å²) in [7, 11) is 0. The Bertz CT molecular complexity index is 1130. The van der Waals surface area contributed by atoms with Crippen LogP contribution in [0.3, 0.4) is 0 Å². The molecule has 0 bridgehead atoms. The highest BCUT2D eigenvalue weighted by molar-refractivity contribution is 5.91. The monoisotopic (exact) mass is 473 g/mol. The van der Waals surface area contributed by atoms with Gasteiger partial charge in [0.1, 0.15) is 17.2 Å². The lowest BCUT2D eigenvalue weighted by molar-refractivity contribution is -0.123.